The van der Waals surface area contributed by atoms with Crippen LogP contribution >= 0.6 is 11.8 Å². The van der Waals surface area contributed by atoms with E-state index in [0.717, 1.165) is 77.1 Å². The van der Waals surface area contributed by atoms with E-state index in [9.17, 15) is 18.4 Å². The first-order valence-electron chi connectivity index (χ1n) is 17.3. The van der Waals surface area contributed by atoms with Gasteiger partial charge in [0.25, 0.3) is 5.92 Å². The topological polar surface area (TPSA) is 308 Å². The van der Waals surface area contributed by atoms with Crippen molar-refractivity contribution in [2.45, 2.75) is 94.7 Å². The second-order valence-corrected chi connectivity index (χ2v) is 14.5. The minimum atomic E-state index is -3.03. The van der Waals surface area contributed by atoms with Crippen LogP contribution in [-0.4, -0.2) is 78.6 Å². The van der Waals surface area contributed by atoms with Crippen molar-refractivity contribution in [1.29, 1.82) is 0 Å². The lowest BCUT2D eigenvalue weighted by Gasteiger charge is -2.40. The molecule has 3 atom stereocenters. The molecule has 14 nitrogen and oxygen atoms in total. The predicted octanol–water partition coefficient (Wildman–Crippen LogP) is 4.94. The third-order valence-electron chi connectivity index (χ3n) is 8.62. The van der Waals surface area contributed by atoms with E-state index in [4.69, 9.17) is 27.8 Å². The van der Waals surface area contributed by atoms with Crippen LogP contribution in [-0.2, 0) is 17.1 Å². The first-order valence-corrected chi connectivity index (χ1v) is 18.3. The van der Waals surface area contributed by atoms with E-state index in [-0.39, 0.29) is 46.5 Å². The van der Waals surface area contributed by atoms with Gasteiger partial charge in [-0.1, -0.05) is 12.1 Å². The lowest BCUT2D eigenvalue weighted by molar-refractivity contribution is 0.0175. The van der Waals surface area contributed by atoms with Crippen molar-refractivity contribution in [1.82, 2.24) is 16.9 Å². The number of hydrazine groups is 1. The highest BCUT2D eigenvalue weighted by Gasteiger charge is 2.37. The average Bonchev–Trinajstić information content (AvgIpc) is 3.04. The summed E-state index contributed by atoms with van der Waals surface area (Å²) in [5.41, 5.74) is 23.0. The summed E-state index contributed by atoms with van der Waals surface area (Å²) >= 11 is 1.37. The molecule has 2 aromatic carbocycles. The summed E-state index contributed by atoms with van der Waals surface area (Å²) in [5.74, 6) is 3.36. The van der Waals surface area contributed by atoms with Gasteiger partial charge < -0.3 is 44.2 Å². The molecule has 0 amide bonds. The lowest BCUT2D eigenvalue weighted by atomic mass is 9.71. The fraction of sp³-hybridized carbons (Fsp3) is 0.657. The van der Waals surface area contributed by atoms with Crippen molar-refractivity contribution >= 4 is 28.8 Å². The van der Waals surface area contributed by atoms with Crippen LogP contribution in [0.3, 0.4) is 0 Å². The molecule has 2 radical (unpaired) electrons. The molecular formula is C35H68F3N9O5S. The van der Waals surface area contributed by atoms with E-state index in [1.165, 1.54) is 29.5 Å². The van der Waals surface area contributed by atoms with Gasteiger partial charge in [0, 0.05) is 49.7 Å². The number of ether oxygens (including phenoxy) is 1. The Hall–Kier alpha value is -2.46. The molecular weight excluding hydrogens is 716 g/mol. The van der Waals surface area contributed by atoms with Gasteiger partial charge in [0.05, 0.1) is 16.3 Å². The number of thioether (sulfide) groups is 1. The number of nitrogens with two attached hydrogens (primary N) is 4. The summed E-state index contributed by atoms with van der Waals surface area (Å²) in [6.45, 7) is 7.79. The van der Waals surface area contributed by atoms with Crippen molar-refractivity contribution in [3.8, 4) is 0 Å². The van der Waals surface area contributed by atoms with E-state index < -0.39 is 11.6 Å². The molecule has 53 heavy (non-hydrogen) atoms. The smallest absolute Gasteiger partial charge is 0.270 e. The van der Waals surface area contributed by atoms with Crippen molar-refractivity contribution < 1.29 is 39.5 Å². The standard InChI is InChI=1S/C19H32FN3.C16H29F2N5O2S.H3N.H2O.2HO/c1-19(2,20)16-10-15(9-14-5-3-6-17(22)11-14)12-18(13-16)23-8-4-7-21;1-16(17,18)12-9-13(15(26-8-5-19)14(10-12)23-24)21-11-25-7-4-2-3-6-22-20;;;;/h3,5-6,11,15-16,18,23H,4,7-10,12-13,21-22H2,1-2H3;9-10,21-24H,2-8,11,19-20H2,1H3;1H3;1H2;2*1H. The van der Waals surface area contributed by atoms with Crippen molar-refractivity contribution in [2.75, 3.05) is 61.8 Å². The van der Waals surface area contributed by atoms with Gasteiger partial charge in [-0.3, -0.25) is 32.9 Å². The van der Waals surface area contributed by atoms with E-state index in [1.54, 1.807) is 13.8 Å². The van der Waals surface area contributed by atoms with Crippen molar-refractivity contribution in [3.05, 3.63) is 47.5 Å². The molecule has 0 spiro atoms. The maximum Gasteiger partial charge on any atom is 0.270 e. The molecule has 2 aromatic rings. The van der Waals surface area contributed by atoms with Gasteiger partial charge in [-0.05, 0) is 120 Å². The molecule has 0 saturated heterocycles. The van der Waals surface area contributed by atoms with Crippen LogP contribution in [0.5, 0.6) is 0 Å². The molecule has 0 aromatic heterocycles. The predicted molar refractivity (Wildman–Crippen MR) is 210 cm³/mol. The highest BCUT2D eigenvalue weighted by atomic mass is 32.2. The molecule has 0 bridgehead atoms. The summed E-state index contributed by atoms with van der Waals surface area (Å²) in [4.78, 5) is 0.614. The van der Waals surface area contributed by atoms with Gasteiger partial charge in [-0.25, -0.2) is 13.2 Å². The quantitative estimate of drug-likeness (QED) is 0.0200. The molecule has 18 heteroatoms. The Morgan fingerprint density at radius 3 is 2.21 bits per heavy atom. The Kier molecular flexibility index (Phi) is 29.9. The Morgan fingerprint density at radius 1 is 0.925 bits per heavy atom. The van der Waals surface area contributed by atoms with Crippen LogP contribution in [0.4, 0.5) is 30.2 Å². The maximum atomic E-state index is 14.5. The molecule has 1 fully saturated rings. The molecule has 0 aliphatic heterocycles. The summed E-state index contributed by atoms with van der Waals surface area (Å²) in [6, 6.07) is 11.1. The van der Waals surface area contributed by atoms with Gasteiger partial charge in [0.15, 0.2) is 0 Å². The highest BCUT2D eigenvalue weighted by molar-refractivity contribution is 7.99. The first kappa shape index (κ1) is 54.9. The molecule has 20 N–H and O–H groups in total. The number of hydrogen-bond acceptors (Lipinski definition) is 12. The van der Waals surface area contributed by atoms with Crippen molar-refractivity contribution in [2.24, 2.45) is 29.1 Å². The van der Waals surface area contributed by atoms with Gasteiger partial charge in [0.2, 0.25) is 0 Å². The summed E-state index contributed by atoms with van der Waals surface area (Å²) in [7, 11) is 0. The van der Waals surface area contributed by atoms with Crippen LogP contribution in [0.15, 0.2) is 41.3 Å². The molecule has 1 aliphatic rings. The van der Waals surface area contributed by atoms with E-state index >= 15 is 0 Å². The third kappa shape index (κ3) is 21.3. The zero-order chi connectivity index (χ0) is 36.3. The molecule has 0 heterocycles. The minimum Gasteiger partial charge on any atom is -0.412 e. The fourth-order valence-electron chi connectivity index (χ4n) is 6.01. The average molecular weight is 784 g/mol. The molecule has 3 rings (SSSR count). The maximum absolute atomic E-state index is 14.5. The molecule has 1 saturated carbocycles. The number of alkyl halides is 3. The van der Waals surface area contributed by atoms with E-state index in [0.29, 0.717) is 48.0 Å². The zero-order valence-electron chi connectivity index (χ0n) is 31.6. The number of anilines is 3. The highest BCUT2D eigenvalue weighted by Crippen LogP contribution is 2.41. The SMILES string of the molecule is CC(C)(F)C1CC(Cc2cccc(N)c2)CC(NCCCN)C1.CC(F)(F)c1cc(NO)c(SCCN)c(NCOCCCCCNN)c1.N.O.[OH].[OH]. The molecule has 3 unspecified atom stereocenters. The van der Waals surface area contributed by atoms with E-state index in [1.807, 2.05) is 23.7 Å². The monoisotopic (exact) mass is 784 g/mol. The second-order valence-electron chi connectivity index (χ2n) is 13.4. The lowest BCUT2D eigenvalue weighted by Crippen LogP contribution is -2.43. The van der Waals surface area contributed by atoms with Crippen LogP contribution in [0.2, 0.25) is 0 Å². The summed E-state index contributed by atoms with van der Waals surface area (Å²) < 4.78 is 47.5. The van der Waals surface area contributed by atoms with Crippen LogP contribution in [0, 0.1) is 11.8 Å². The second kappa shape index (κ2) is 28.9. The van der Waals surface area contributed by atoms with Gasteiger partial charge in [-0.15, -0.1) is 11.8 Å². The molecule has 1 aliphatic carbocycles. The minimum absolute atomic E-state index is 0. The normalized spacial score (nSPS) is 16.8. The van der Waals surface area contributed by atoms with Crippen molar-refractivity contribution in [3.63, 3.8) is 0 Å². The number of halogens is 3. The number of nitrogen functional groups attached to an aromatic ring is 1. The van der Waals surface area contributed by atoms with Crippen LogP contribution in [0.1, 0.15) is 76.8 Å². The number of rotatable bonds is 21. The largest absolute Gasteiger partial charge is 0.412 e. The van der Waals surface area contributed by atoms with Gasteiger partial charge >= 0.3 is 0 Å². The Balaban J connectivity index is -0.000000881. The number of nitrogens with one attached hydrogen (secondary N) is 4. The third-order valence-corrected chi connectivity index (χ3v) is 9.79. The number of hydrogen-bond donors (Lipinski definition) is 12. The summed E-state index contributed by atoms with van der Waals surface area (Å²) in [5, 5.41) is 15.9. The van der Waals surface area contributed by atoms with Gasteiger partial charge in [-0.2, -0.15) is 0 Å². The van der Waals surface area contributed by atoms with Gasteiger partial charge in [0.1, 0.15) is 12.4 Å². The summed E-state index contributed by atoms with van der Waals surface area (Å²) in [6.07, 6.45) is 7.76. The molecule has 310 valence electrons. The van der Waals surface area contributed by atoms with E-state index in [2.05, 4.69) is 22.1 Å². The first-order chi connectivity index (χ1) is 23.3. The Bertz CT molecular complexity index is 1220. The van der Waals surface area contributed by atoms with Crippen LogP contribution in [0.25, 0.3) is 0 Å². The fourth-order valence-corrected chi connectivity index (χ4v) is 6.88. The Morgan fingerprint density at radius 2 is 1.62 bits per heavy atom. The zero-order valence-corrected chi connectivity index (χ0v) is 32.4. The number of benzene rings is 2. The Labute approximate surface area is 317 Å². The van der Waals surface area contributed by atoms with Crippen LogP contribution < -0.4 is 50.7 Å². The number of unbranched alkanes of at least 4 members (excludes halogenated alkanes) is 2.